The highest BCUT2D eigenvalue weighted by Crippen LogP contribution is 2.33. The zero-order chi connectivity index (χ0) is 24.8. The first-order valence-electron chi connectivity index (χ1n) is 12.5. The van der Waals surface area contributed by atoms with E-state index in [9.17, 15) is 9.59 Å². The number of piperazine rings is 1. The molecule has 37 heavy (non-hydrogen) atoms. The van der Waals surface area contributed by atoms with Gasteiger partial charge in [-0.25, -0.2) is 9.59 Å². The third kappa shape index (κ3) is 7.35. The summed E-state index contributed by atoms with van der Waals surface area (Å²) in [6.45, 7) is 4.86. The number of rotatable bonds is 7. The van der Waals surface area contributed by atoms with E-state index in [1.165, 1.54) is 0 Å². The van der Waals surface area contributed by atoms with E-state index in [-0.39, 0.29) is 30.7 Å². The van der Waals surface area contributed by atoms with Crippen LogP contribution in [0.2, 0.25) is 0 Å². The molecule has 1 aliphatic carbocycles. The standard InChI is InChI=1S/C27H36N4O4.2ClH/c1-20-5-3-4-12-27(20,28)26(33)35-25(32)24(19-21-6-8-23(34-2)9-7-21)31-17-15-30(16-18-31)22-10-13-29-14-11-22;;/h6-11,13-14,20,24H,3-5,12,15-19,28H2,1-2H3;2*1H/t20?,24-,27?;;/m0../s1. The normalized spacial score (nSPS) is 22.7. The largest absolute Gasteiger partial charge is 0.497 e. The van der Waals surface area contributed by atoms with Crippen LogP contribution in [0.4, 0.5) is 5.69 Å². The van der Waals surface area contributed by atoms with Crippen LogP contribution in [0, 0.1) is 5.92 Å². The Morgan fingerprint density at radius 2 is 1.70 bits per heavy atom. The van der Waals surface area contributed by atoms with Crippen molar-refractivity contribution in [3.05, 3.63) is 54.4 Å². The van der Waals surface area contributed by atoms with Crippen LogP contribution < -0.4 is 15.4 Å². The van der Waals surface area contributed by atoms with Gasteiger partial charge in [-0.15, -0.1) is 24.8 Å². The van der Waals surface area contributed by atoms with Crippen molar-refractivity contribution >= 4 is 42.4 Å². The number of benzene rings is 1. The third-order valence-corrected chi connectivity index (χ3v) is 7.57. The molecule has 2 aromatic rings. The Morgan fingerprint density at radius 1 is 1.05 bits per heavy atom. The Kier molecular flexibility index (Phi) is 11.6. The summed E-state index contributed by atoms with van der Waals surface area (Å²) in [6.07, 6.45) is 7.34. The summed E-state index contributed by atoms with van der Waals surface area (Å²) in [4.78, 5) is 35.0. The highest BCUT2D eigenvalue weighted by molar-refractivity contribution is 5.93. The van der Waals surface area contributed by atoms with Crippen molar-refractivity contribution in [2.75, 3.05) is 38.2 Å². The molecular formula is C27H38Cl2N4O4. The smallest absolute Gasteiger partial charge is 0.334 e. The van der Waals surface area contributed by atoms with Crippen LogP contribution in [0.3, 0.4) is 0 Å². The Hall–Kier alpha value is -2.39. The minimum Gasteiger partial charge on any atom is -0.497 e. The molecule has 1 aromatic carbocycles. The molecule has 1 aromatic heterocycles. The minimum atomic E-state index is -1.10. The highest BCUT2D eigenvalue weighted by Gasteiger charge is 2.44. The fourth-order valence-electron chi connectivity index (χ4n) is 5.12. The van der Waals surface area contributed by atoms with Crippen LogP contribution in [-0.4, -0.2) is 66.7 Å². The van der Waals surface area contributed by atoms with Gasteiger partial charge >= 0.3 is 11.9 Å². The topological polar surface area (TPSA) is 98.0 Å². The van der Waals surface area contributed by atoms with Crippen molar-refractivity contribution in [2.24, 2.45) is 11.7 Å². The van der Waals surface area contributed by atoms with Gasteiger partial charge in [-0.3, -0.25) is 9.88 Å². The van der Waals surface area contributed by atoms with E-state index in [1.54, 1.807) is 19.5 Å². The lowest BCUT2D eigenvalue weighted by molar-refractivity contribution is -0.169. The summed E-state index contributed by atoms with van der Waals surface area (Å²) in [6, 6.07) is 11.1. The van der Waals surface area contributed by atoms with E-state index in [0.717, 1.165) is 49.4 Å². The zero-order valence-electron chi connectivity index (χ0n) is 21.5. The molecule has 2 fully saturated rings. The molecule has 0 spiro atoms. The second-order valence-electron chi connectivity index (χ2n) is 9.69. The Balaban J connectivity index is 0.00000241. The first kappa shape index (κ1) is 30.8. The summed E-state index contributed by atoms with van der Waals surface area (Å²) in [5.41, 5.74) is 7.46. The van der Waals surface area contributed by atoms with E-state index in [1.807, 2.05) is 43.3 Å². The summed E-state index contributed by atoms with van der Waals surface area (Å²) < 4.78 is 10.8. The predicted octanol–water partition coefficient (Wildman–Crippen LogP) is 3.64. The molecule has 0 amide bonds. The number of esters is 2. The van der Waals surface area contributed by atoms with Crippen molar-refractivity contribution in [3.63, 3.8) is 0 Å². The second-order valence-corrected chi connectivity index (χ2v) is 9.69. The van der Waals surface area contributed by atoms with Gasteiger partial charge in [-0.1, -0.05) is 31.9 Å². The first-order valence-corrected chi connectivity index (χ1v) is 12.5. The molecule has 10 heteroatoms. The van der Waals surface area contributed by atoms with Gasteiger partial charge in [0.25, 0.3) is 0 Å². The van der Waals surface area contributed by atoms with Crippen LogP contribution in [0.1, 0.15) is 38.2 Å². The minimum absolute atomic E-state index is 0. The number of nitrogens with zero attached hydrogens (tertiary/aromatic N) is 3. The molecule has 2 aliphatic rings. The lowest BCUT2D eigenvalue weighted by Crippen LogP contribution is -2.58. The summed E-state index contributed by atoms with van der Waals surface area (Å²) in [5, 5.41) is 0. The Bertz CT molecular complexity index is 1000. The lowest BCUT2D eigenvalue weighted by Gasteiger charge is -2.40. The number of nitrogens with two attached hydrogens (primary N) is 1. The molecule has 2 heterocycles. The number of pyridine rings is 1. The van der Waals surface area contributed by atoms with E-state index < -0.39 is 23.5 Å². The highest BCUT2D eigenvalue weighted by atomic mass is 35.5. The molecule has 8 nitrogen and oxygen atoms in total. The van der Waals surface area contributed by atoms with Crippen molar-refractivity contribution in [1.82, 2.24) is 9.88 Å². The molecule has 3 atom stereocenters. The fourth-order valence-corrected chi connectivity index (χ4v) is 5.12. The number of aromatic nitrogens is 1. The maximum absolute atomic E-state index is 13.4. The lowest BCUT2D eigenvalue weighted by atomic mass is 9.74. The molecule has 2 unspecified atom stereocenters. The molecule has 1 aliphatic heterocycles. The molecule has 204 valence electrons. The van der Waals surface area contributed by atoms with E-state index in [2.05, 4.69) is 14.8 Å². The van der Waals surface area contributed by atoms with E-state index in [4.69, 9.17) is 15.2 Å². The number of hydrogen-bond acceptors (Lipinski definition) is 8. The third-order valence-electron chi connectivity index (χ3n) is 7.57. The van der Waals surface area contributed by atoms with Crippen molar-refractivity contribution in [2.45, 2.75) is 50.6 Å². The Morgan fingerprint density at radius 3 is 2.30 bits per heavy atom. The zero-order valence-corrected chi connectivity index (χ0v) is 23.1. The van der Waals surface area contributed by atoms with Gasteiger partial charge in [0.05, 0.1) is 7.11 Å². The van der Waals surface area contributed by atoms with E-state index in [0.29, 0.717) is 25.9 Å². The number of carbonyl (C=O) groups is 2. The molecule has 0 bridgehead atoms. The molecule has 0 radical (unpaired) electrons. The van der Waals surface area contributed by atoms with Gasteiger partial charge in [-0.2, -0.15) is 0 Å². The van der Waals surface area contributed by atoms with Gasteiger partial charge < -0.3 is 20.1 Å². The van der Waals surface area contributed by atoms with Crippen LogP contribution >= 0.6 is 24.8 Å². The molecule has 2 N–H and O–H groups in total. The maximum atomic E-state index is 13.4. The van der Waals surface area contributed by atoms with Gasteiger partial charge in [-0.05, 0) is 55.0 Å². The summed E-state index contributed by atoms with van der Waals surface area (Å²) in [5.74, 6) is -0.374. The van der Waals surface area contributed by atoms with Gasteiger partial charge in [0, 0.05) is 44.3 Å². The quantitative estimate of drug-likeness (QED) is 0.410. The molecule has 4 rings (SSSR count). The second kappa shape index (κ2) is 14.0. The van der Waals surface area contributed by atoms with Gasteiger partial charge in [0.15, 0.2) is 0 Å². The number of hydrogen-bond donors (Lipinski definition) is 1. The summed E-state index contributed by atoms with van der Waals surface area (Å²) in [7, 11) is 1.62. The van der Waals surface area contributed by atoms with Crippen molar-refractivity contribution in [3.8, 4) is 5.75 Å². The van der Waals surface area contributed by atoms with Crippen LogP contribution in [-0.2, 0) is 20.7 Å². The van der Waals surface area contributed by atoms with Crippen LogP contribution in [0.5, 0.6) is 5.75 Å². The van der Waals surface area contributed by atoms with Crippen molar-refractivity contribution < 1.29 is 19.1 Å². The average molecular weight is 554 g/mol. The van der Waals surface area contributed by atoms with E-state index >= 15 is 0 Å². The number of halogens is 2. The SMILES string of the molecule is COc1ccc(C[C@@H](C(=O)OC(=O)C2(N)CCCCC2C)N2CCN(c3ccncc3)CC2)cc1.Cl.Cl. The number of ether oxygens (including phenoxy) is 2. The van der Waals surface area contributed by atoms with Gasteiger partial charge in [0.2, 0.25) is 0 Å². The number of carbonyl (C=O) groups excluding carboxylic acids is 2. The Labute approximate surface area is 231 Å². The average Bonchev–Trinajstić information content (AvgIpc) is 2.90. The number of methoxy groups -OCH3 is 1. The molecule has 1 saturated heterocycles. The van der Waals surface area contributed by atoms with Crippen LogP contribution in [0.15, 0.2) is 48.8 Å². The van der Waals surface area contributed by atoms with Crippen LogP contribution in [0.25, 0.3) is 0 Å². The van der Waals surface area contributed by atoms with Crippen molar-refractivity contribution in [1.29, 1.82) is 0 Å². The summed E-state index contributed by atoms with van der Waals surface area (Å²) >= 11 is 0. The monoisotopic (exact) mass is 552 g/mol. The first-order chi connectivity index (χ1) is 16.9. The molecular weight excluding hydrogens is 515 g/mol. The predicted molar refractivity (Wildman–Crippen MR) is 149 cm³/mol. The molecule has 1 saturated carbocycles. The fraction of sp³-hybridized carbons (Fsp3) is 0.519. The van der Waals surface area contributed by atoms with Gasteiger partial charge in [0.1, 0.15) is 17.3 Å². The number of anilines is 1. The maximum Gasteiger partial charge on any atom is 0.334 e.